The first-order chi connectivity index (χ1) is 11.1. The van der Waals surface area contributed by atoms with Crippen molar-refractivity contribution in [2.45, 2.75) is 25.6 Å². The SMILES string of the molecule is CC(=O)N1C(c2ccccc2)N(C)C(=O)[C@H]1Cc1ccccc1. The lowest BCUT2D eigenvalue weighted by atomic mass is 10.0. The molecule has 1 aliphatic rings. The molecule has 0 aliphatic carbocycles. The second kappa shape index (κ2) is 6.24. The van der Waals surface area contributed by atoms with Gasteiger partial charge in [-0.25, -0.2) is 0 Å². The average molecular weight is 308 g/mol. The molecule has 4 heteroatoms. The van der Waals surface area contributed by atoms with Crippen LogP contribution in [0.5, 0.6) is 0 Å². The first kappa shape index (κ1) is 15.3. The highest BCUT2D eigenvalue weighted by Gasteiger charge is 2.46. The minimum absolute atomic E-state index is 0.0158. The summed E-state index contributed by atoms with van der Waals surface area (Å²) in [6.07, 6.45) is 0.197. The Hall–Kier alpha value is -2.62. The third-order valence-electron chi connectivity index (χ3n) is 4.33. The van der Waals surface area contributed by atoms with Gasteiger partial charge in [0.1, 0.15) is 12.2 Å². The van der Waals surface area contributed by atoms with Crippen LogP contribution in [-0.2, 0) is 16.0 Å². The topological polar surface area (TPSA) is 40.6 Å². The fourth-order valence-corrected chi connectivity index (χ4v) is 3.26. The van der Waals surface area contributed by atoms with E-state index in [-0.39, 0.29) is 18.0 Å². The van der Waals surface area contributed by atoms with Gasteiger partial charge in [0.05, 0.1) is 0 Å². The number of hydrogen-bond donors (Lipinski definition) is 0. The summed E-state index contributed by atoms with van der Waals surface area (Å²) in [5.41, 5.74) is 2.01. The zero-order chi connectivity index (χ0) is 16.4. The molecule has 2 aromatic carbocycles. The predicted molar refractivity (Wildman–Crippen MR) is 88.4 cm³/mol. The van der Waals surface area contributed by atoms with E-state index in [0.29, 0.717) is 6.42 Å². The highest BCUT2D eigenvalue weighted by atomic mass is 16.2. The van der Waals surface area contributed by atoms with Crippen LogP contribution in [-0.4, -0.2) is 34.7 Å². The molecular weight excluding hydrogens is 288 g/mol. The van der Waals surface area contributed by atoms with E-state index in [1.165, 1.54) is 6.92 Å². The Morgan fingerprint density at radius 3 is 2.13 bits per heavy atom. The Kier molecular flexibility index (Phi) is 4.15. The van der Waals surface area contributed by atoms with Crippen LogP contribution in [0.2, 0.25) is 0 Å². The van der Waals surface area contributed by atoms with Crippen LogP contribution >= 0.6 is 0 Å². The zero-order valence-electron chi connectivity index (χ0n) is 13.3. The molecule has 2 amide bonds. The van der Waals surface area contributed by atoms with E-state index in [2.05, 4.69) is 0 Å². The minimum atomic E-state index is -0.454. The van der Waals surface area contributed by atoms with Gasteiger partial charge >= 0.3 is 0 Å². The molecule has 3 rings (SSSR count). The summed E-state index contributed by atoms with van der Waals surface area (Å²) in [5, 5.41) is 0. The normalized spacial score (nSPS) is 20.9. The summed E-state index contributed by atoms with van der Waals surface area (Å²) in [7, 11) is 1.76. The average Bonchev–Trinajstić information content (AvgIpc) is 2.82. The monoisotopic (exact) mass is 308 g/mol. The molecule has 1 aliphatic heterocycles. The summed E-state index contributed by atoms with van der Waals surface area (Å²) in [6.45, 7) is 1.53. The molecule has 1 unspecified atom stereocenters. The largest absolute Gasteiger partial charge is 0.319 e. The van der Waals surface area contributed by atoms with E-state index >= 15 is 0 Å². The van der Waals surface area contributed by atoms with E-state index in [4.69, 9.17) is 0 Å². The van der Waals surface area contributed by atoms with Crippen LogP contribution in [0, 0.1) is 0 Å². The molecule has 0 N–H and O–H groups in total. The standard InChI is InChI=1S/C19H20N2O2/c1-14(22)21-17(13-15-9-5-3-6-10-15)19(23)20(2)18(21)16-11-7-4-8-12-16/h3-12,17-18H,13H2,1-2H3/t17-,18?/m1/s1. The second-order valence-electron chi connectivity index (χ2n) is 5.87. The van der Waals surface area contributed by atoms with Gasteiger partial charge in [0.2, 0.25) is 11.8 Å². The highest BCUT2D eigenvalue weighted by Crippen LogP contribution is 2.34. The van der Waals surface area contributed by atoms with Crippen molar-refractivity contribution in [2.75, 3.05) is 7.05 Å². The second-order valence-corrected chi connectivity index (χ2v) is 5.87. The van der Waals surface area contributed by atoms with Gasteiger partial charge in [-0.1, -0.05) is 60.7 Å². The summed E-state index contributed by atoms with van der Waals surface area (Å²) in [4.78, 5) is 28.4. The molecule has 1 saturated heterocycles. The molecule has 0 saturated carbocycles. The zero-order valence-corrected chi connectivity index (χ0v) is 13.3. The van der Waals surface area contributed by atoms with Gasteiger partial charge in [0, 0.05) is 20.4 Å². The fraction of sp³-hybridized carbons (Fsp3) is 0.263. The van der Waals surface area contributed by atoms with Crippen LogP contribution in [0.4, 0.5) is 0 Å². The van der Waals surface area contributed by atoms with E-state index in [0.717, 1.165) is 11.1 Å². The first-order valence-electron chi connectivity index (χ1n) is 7.74. The van der Waals surface area contributed by atoms with Gasteiger partial charge in [0.15, 0.2) is 0 Å². The first-order valence-corrected chi connectivity index (χ1v) is 7.74. The van der Waals surface area contributed by atoms with E-state index in [1.807, 2.05) is 60.7 Å². The van der Waals surface area contributed by atoms with Crippen molar-refractivity contribution < 1.29 is 9.59 Å². The minimum Gasteiger partial charge on any atom is -0.319 e. The van der Waals surface area contributed by atoms with Gasteiger partial charge in [-0.15, -0.1) is 0 Å². The summed E-state index contributed by atoms with van der Waals surface area (Å²) in [5.74, 6) is -0.101. The van der Waals surface area contributed by atoms with Crippen molar-refractivity contribution in [1.82, 2.24) is 9.80 Å². The molecule has 0 bridgehead atoms. The third-order valence-corrected chi connectivity index (χ3v) is 4.33. The number of rotatable bonds is 3. The Morgan fingerprint density at radius 2 is 1.57 bits per heavy atom. The number of amides is 2. The molecule has 1 fully saturated rings. The highest BCUT2D eigenvalue weighted by molar-refractivity contribution is 5.91. The number of benzene rings is 2. The van der Waals surface area contributed by atoms with Crippen LogP contribution in [0.3, 0.4) is 0 Å². The molecule has 118 valence electrons. The quantitative estimate of drug-likeness (QED) is 0.874. The number of carbonyl (C=O) groups excluding carboxylic acids is 2. The molecule has 1 heterocycles. The summed E-state index contributed by atoms with van der Waals surface area (Å²) < 4.78 is 0. The molecule has 23 heavy (non-hydrogen) atoms. The lowest BCUT2D eigenvalue weighted by Gasteiger charge is -2.29. The van der Waals surface area contributed by atoms with E-state index in [9.17, 15) is 9.59 Å². The van der Waals surface area contributed by atoms with Crippen LogP contribution in [0.1, 0.15) is 24.2 Å². The van der Waals surface area contributed by atoms with Gasteiger partial charge in [0.25, 0.3) is 0 Å². The van der Waals surface area contributed by atoms with Gasteiger partial charge < -0.3 is 9.80 Å². The van der Waals surface area contributed by atoms with Crippen molar-refractivity contribution in [3.63, 3.8) is 0 Å². The van der Waals surface area contributed by atoms with Crippen molar-refractivity contribution >= 4 is 11.8 Å². The maximum absolute atomic E-state index is 12.7. The molecule has 2 atom stereocenters. The van der Waals surface area contributed by atoms with Crippen molar-refractivity contribution in [1.29, 1.82) is 0 Å². The van der Waals surface area contributed by atoms with E-state index in [1.54, 1.807) is 16.8 Å². The number of likely N-dealkylation sites (N-methyl/N-ethyl adjacent to an activating group) is 1. The number of nitrogens with zero attached hydrogens (tertiary/aromatic N) is 2. The molecular formula is C19H20N2O2. The lowest BCUT2D eigenvalue weighted by Crippen LogP contribution is -2.39. The third kappa shape index (κ3) is 2.84. The van der Waals surface area contributed by atoms with Crippen molar-refractivity contribution in [3.05, 3.63) is 71.8 Å². The Labute approximate surface area is 136 Å². The fourth-order valence-electron chi connectivity index (χ4n) is 3.26. The summed E-state index contributed by atoms with van der Waals surface area (Å²) in [6, 6.07) is 19.1. The lowest BCUT2D eigenvalue weighted by molar-refractivity contribution is -0.134. The van der Waals surface area contributed by atoms with Gasteiger partial charge in [-0.2, -0.15) is 0 Å². The van der Waals surface area contributed by atoms with Gasteiger partial charge in [-0.05, 0) is 11.1 Å². The van der Waals surface area contributed by atoms with Crippen LogP contribution in [0.25, 0.3) is 0 Å². The van der Waals surface area contributed by atoms with Crippen molar-refractivity contribution in [3.8, 4) is 0 Å². The molecule has 4 nitrogen and oxygen atoms in total. The summed E-state index contributed by atoms with van der Waals surface area (Å²) >= 11 is 0. The molecule has 0 radical (unpaired) electrons. The smallest absolute Gasteiger partial charge is 0.247 e. The van der Waals surface area contributed by atoms with Crippen LogP contribution < -0.4 is 0 Å². The van der Waals surface area contributed by atoms with Gasteiger partial charge in [-0.3, -0.25) is 9.59 Å². The Bertz CT molecular complexity index is 700. The van der Waals surface area contributed by atoms with Crippen LogP contribution in [0.15, 0.2) is 60.7 Å². The maximum atomic E-state index is 12.7. The van der Waals surface area contributed by atoms with Crippen molar-refractivity contribution in [2.24, 2.45) is 0 Å². The number of carbonyl (C=O) groups is 2. The number of hydrogen-bond acceptors (Lipinski definition) is 2. The Morgan fingerprint density at radius 1 is 1.00 bits per heavy atom. The Balaban J connectivity index is 1.96. The molecule has 2 aromatic rings. The van der Waals surface area contributed by atoms with E-state index < -0.39 is 6.04 Å². The predicted octanol–water partition coefficient (Wildman–Crippen LogP) is 2.62. The molecule has 0 spiro atoms. The maximum Gasteiger partial charge on any atom is 0.247 e. The molecule has 0 aromatic heterocycles.